The molecule has 1 saturated carbocycles. The van der Waals surface area contributed by atoms with Gasteiger partial charge in [-0.25, -0.2) is 4.79 Å². The van der Waals surface area contributed by atoms with Crippen LogP contribution in [0.15, 0.2) is 11.6 Å². The van der Waals surface area contributed by atoms with Gasteiger partial charge in [0.2, 0.25) is 0 Å². The Morgan fingerprint density at radius 3 is 2.56 bits per heavy atom. The average molecular weight is 388 g/mol. The van der Waals surface area contributed by atoms with Crippen LogP contribution >= 0.6 is 0 Å². The third-order valence-electron chi connectivity index (χ3n) is 6.15. The van der Waals surface area contributed by atoms with Crippen molar-refractivity contribution in [2.24, 2.45) is 17.8 Å². The van der Waals surface area contributed by atoms with E-state index in [1.165, 1.54) is 7.11 Å². The zero-order valence-corrected chi connectivity index (χ0v) is 15.3. The molecule has 1 aliphatic heterocycles. The molecule has 3 rings (SSSR count). The molecule has 0 aromatic rings. The van der Waals surface area contributed by atoms with Crippen molar-refractivity contribution in [3.05, 3.63) is 11.6 Å². The molecule has 27 heavy (non-hydrogen) atoms. The van der Waals surface area contributed by atoms with E-state index in [-0.39, 0.29) is 17.8 Å². The Morgan fingerprint density at radius 1 is 1.22 bits per heavy atom. The summed E-state index contributed by atoms with van der Waals surface area (Å²) in [7, 11) is 1.31. The normalized spacial score (nSPS) is 47.3. The van der Waals surface area contributed by atoms with Crippen molar-refractivity contribution >= 4 is 5.97 Å². The molecule has 0 bridgehead atoms. The first-order valence-corrected chi connectivity index (χ1v) is 9.22. The smallest absolute Gasteiger partial charge is 0.333 e. The van der Waals surface area contributed by atoms with Crippen LogP contribution in [0.25, 0.3) is 0 Å². The maximum atomic E-state index is 12.1. The minimum absolute atomic E-state index is 0.154. The highest BCUT2D eigenvalue weighted by Gasteiger charge is 2.51. The number of rotatable bonds is 4. The van der Waals surface area contributed by atoms with E-state index in [1.54, 1.807) is 6.08 Å². The van der Waals surface area contributed by atoms with Crippen LogP contribution in [0.3, 0.4) is 0 Å². The van der Waals surface area contributed by atoms with Crippen molar-refractivity contribution in [2.45, 2.75) is 62.7 Å². The number of hydrogen-bond acceptors (Lipinski definition) is 9. The molecule has 154 valence electrons. The van der Waals surface area contributed by atoms with Gasteiger partial charge in [0.1, 0.15) is 24.4 Å². The van der Waals surface area contributed by atoms with Gasteiger partial charge >= 0.3 is 5.97 Å². The molecule has 2 aliphatic carbocycles. The number of esters is 1. The molecule has 10 atom stereocenters. The molecule has 9 nitrogen and oxygen atoms in total. The minimum atomic E-state index is -1.52. The molecule has 0 amide bonds. The summed E-state index contributed by atoms with van der Waals surface area (Å²) in [5.74, 6) is -1.03. The first-order valence-electron chi connectivity index (χ1n) is 9.22. The molecule has 0 radical (unpaired) electrons. The Hall–Kier alpha value is -1.07. The van der Waals surface area contributed by atoms with Crippen molar-refractivity contribution in [1.29, 1.82) is 0 Å². The van der Waals surface area contributed by atoms with E-state index in [4.69, 9.17) is 14.2 Å². The summed E-state index contributed by atoms with van der Waals surface area (Å²) in [5.41, 5.74) is 0.513. The van der Waals surface area contributed by atoms with Gasteiger partial charge in [-0.05, 0) is 30.6 Å². The lowest BCUT2D eigenvalue weighted by Gasteiger charge is -2.43. The summed E-state index contributed by atoms with van der Waals surface area (Å²) >= 11 is 0. The predicted molar refractivity (Wildman–Crippen MR) is 90.1 cm³/mol. The predicted octanol–water partition coefficient (Wildman–Crippen LogP) is -1.69. The van der Waals surface area contributed by atoms with Crippen LogP contribution in [0, 0.1) is 17.8 Å². The van der Waals surface area contributed by atoms with Crippen LogP contribution in [-0.4, -0.2) is 88.1 Å². The van der Waals surface area contributed by atoms with E-state index in [2.05, 4.69) is 0 Å². The molecular weight excluding hydrogens is 360 g/mol. The van der Waals surface area contributed by atoms with Crippen molar-refractivity contribution < 1.29 is 44.5 Å². The van der Waals surface area contributed by atoms with Gasteiger partial charge in [-0.15, -0.1) is 0 Å². The lowest BCUT2D eigenvalue weighted by Crippen LogP contribution is -2.60. The van der Waals surface area contributed by atoms with E-state index >= 15 is 0 Å². The number of aliphatic hydroxyl groups excluding tert-OH is 5. The largest absolute Gasteiger partial charge is 0.466 e. The molecule has 0 unspecified atom stereocenters. The summed E-state index contributed by atoms with van der Waals surface area (Å²) < 4.78 is 16.2. The molecule has 0 aromatic heterocycles. The molecule has 2 fully saturated rings. The molecule has 5 N–H and O–H groups in total. The monoisotopic (exact) mass is 388 g/mol. The van der Waals surface area contributed by atoms with Gasteiger partial charge in [0.05, 0.1) is 25.9 Å². The van der Waals surface area contributed by atoms with Crippen molar-refractivity contribution in [3.8, 4) is 0 Å². The van der Waals surface area contributed by atoms with E-state index in [9.17, 15) is 30.3 Å². The third-order valence-corrected chi connectivity index (χ3v) is 6.15. The molecule has 9 heteroatoms. The highest BCUT2D eigenvalue weighted by Crippen LogP contribution is 2.48. The Morgan fingerprint density at radius 2 is 1.93 bits per heavy atom. The Kier molecular flexibility index (Phi) is 6.21. The van der Waals surface area contributed by atoms with Crippen LogP contribution in [0.4, 0.5) is 0 Å². The quantitative estimate of drug-likeness (QED) is 0.356. The first-order chi connectivity index (χ1) is 12.8. The van der Waals surface area contributed by atoms with E-state index < -0.39 is 55.5 Å². The van der Waals surface area contributed by atoms with Crippen LogP contribution in [0.1, 0.15) is 19.8 Å². The van der Waals surface area contributed by atoms with Gasteiger partial charge in [0, 0.05) is 5.57 Å². The van der Waals surface area contributed by atoms with Gasteiger partial charge in [0.15, 0.2) is 6.29 Å². The number of carbonyl (C=O) groups excluding carboxylic acids is 1. The van der Waals surface area contributed by atoms with Gasteiger partial charge in [-0.3, -0.25) is 0 Å². The van der Waals surface area contributed by atoms with Gasteiger partial charge in [-0.1, -0.05) is 13.0 Å². The summed E-state index contributed by atoms with van der Waals surface area (Å²) in [6, 6.07) is 0. The number of carbonyl (C=O) groups is 1. The molecule has 1 saturated heterocycles. The van der Waals surface area contributed by atoms with Crippen molar-refractivity contribution in [3.63, 3.8) is 0 Å². The zero-order chi connectivity index (χ0) is 19.9. The van der Waals surface area contributed by atoms with Gasteiger partial charge in [-0.2, -0.15) is 0 Å². The second-order valence-electron chi connectivity index (χ2n) is 7.60. The van der Waals surface area contributed by atoms with Crippen LogP contribution in [0.2, 0.25) is 0 Å². The van der Waals surface area contributed by atoms with E-state index in [0.717, 1.165) is 0 Å². The maximum absolute atomic E-state index is 12.1. The van der Waals surface area contributed by atoms with Crippen molar-refractivity contribution in [1.82, 2.24) is 0 Å². The SMILES string of the molecule is COC(=O)C1=CC[C@@H](O[C@@H]2O[C@H](CO)[C@@H](O)[C@H](O)[C@H]2O)[C@@H]2[C@@H](C)[C@H](O)C[C@H]12. The fourth-order valence-corrected chi connectivity index (χ4v) is 4.59. The van der Waals surface area contributed by atoms with E-state index in [0.29, 0.717) is 18.4 Å². The number of hydrogen-bond donors (Lipinski definition) is 5. The van der Waals surface area contributed by atoms with Crippen LogP contribution < -0.4 is 0 Å². The summed E-state index contributed by atoms with van der Waals surface area (Å²) in [4.78, 5) is 12.1. The number of fused-ring (bicyclic) bond motifs is 1. The first kappa shape index (κ1) is 20.7. The summed E-state index contributed by atoms with van der Waals surface area (Å²) in [6.07, 6.45) is -5.39. The minimum Gasteiger partial charge on any atom is -0.466 e. The fourth-order valence-electron chi connectivity index (χ4n) is 4.59. The van der Waals surface area contributed by atoms with Crippen LogP contribution in [-0.2, 0) is 19.0 Å². The molecule has 1 heterocycles. The summed E-state index contributed by atoms with van der Waals surface area (Å²) in [5, 5.41) is 49.7. The van der Waals surface area contributed by atoms with E-state index in [1.807, 2.05) is 6.92 Å². The highest BCUT2D eigenvalue weighted by atomic mass is 16.7. The van der Waals surface area contributed by atoms with Gasteiger partial charge in [0.25, 0.3) is 0 Å². The second-order valence-corrected chi connectivity index (χ2v) is 7.60. The Balaban J connectivity index is 1.80. The van der Waals surface area contributed by atoms with Crippen LogP contribution in [0.5, 0.6) is 0 Å². The number of ether oxygens (including phenoxy) is 3. The Bertz CT molecular complexity index is 577. The summed E-state index contributed by atoms with van der Waals surface area (Å²) in [6.45, 7) is 1.34. The fraction of sp³-hybridized carbons (Fsp3) is 0.833. The lowest BCUT2D eigenvalue weighted by molar-refractivity contribution is -0.316. The Labute approximate surface area is 157 Å². The van der Waals surface area contributed by atoms with Crippen molar-refractivity contribution in [2.75, 3.05) is 13.7 Å². The molecular formula is C18H28O9. The standard InChI is InChI=1S/C18H28O9/c1-7-10(20)5-9-8(17(24)25-2)3-4-11(13(7)9)26-18-16(23)15(22)14(21)12(6-19)27-18/h3,7,9-16,18-23H,4-6H2,1-2H3/t7-,9+,10+,11+,12+,13+,14+,15-,16+,18+/m0/s1. The zero-order valence-electron chi connectivity index (χ0n) is 15.3. The second kappa shape index (κ2) is 8.12. The maximum Gasteiger partial charge on any atom is 0.333 e. The molecule has 0 aromatic carbocycles. The topological polar surface area (TPSA) is 146 Å². The molecule has 3 aliphatic rings. The third kappa shape index (κ3) is 3.65. The molecule has 0 spiro atoms. The lowest BCUT2D eigenvalue weighted by atomic mass is 9.75. The number of methoxy groups -OCH3 is 1. The highest BCUT2D eigenvalue weighted by molar-refractivity contribution is 5.89. The number of aliphatic hydroxyl groups is 5. The average Bonchev–Trinajstić information content (AvgIpc) is 2.96. The van der Waals surface area contributed by atoms with Gasteiger partial charge < -0.3 is 39.7 Å².